The third kappa shape index (κ3) is 1.58. The van der Waals surface area contributed by atoms with Gasteiger partial charge in [0.25, 0.3) is 0 Å². The molecule has 22 heavy (non-hydrogen) atoms. The summed E-state index contributed by atoms with van der Waals surface area (Å²) in [6.07, 6.45) is -0.0696. The van der Waals surface area contributed by atoms with E-state index in [9.17, 15) is 15.0 Å². The number of nitrogens with two attached hydrogens (primary N) is 1. The first kappa shape index (κ1) is 13.6. The third-order valence-electron chi connectivity index (χ3n) is 4.56. The minimum atomic E-state index is -1.18. The zero-order valence-corrected chi connectivity index (χ0v) is 11.7. The number of aliphatic hydroxyl groups is 2. The quantitative estimate of drug-likeness (QED) is 0.643. The van der Waals surface area contributed by atoms with Crippen LogP contribution in [0.1, 0.15) is 19.6 Å². The fraction of sp³-hybridized carbons (Fsp3) is 0.538. The minimum absolute atomic E-state index is 0.0611. The van der Waals surface area contributed by atoms with E-state index >= 15 is 0 Å². The SMILES string of the molecule is CC(=O)[C@H]1C[C@@]12O[C@@H](n1cnc3c(N)ncnc31)[C@@H](O)C2O. The van der Waals surface area contributed by atoms with Crippen molar-refractivity contribution in [2.75, 3.05) is 5.73 Å². The highest BCUT2D eigenvalue weighted by molar-refractivity contribution is 5.83. The molecule has 0 aromatic carbocycles. The van der Waals surface area contributed by atoms with Gasteiger partial charge in [-0.1, -0.05) is 0 Å². The van der Waals surface area contributed by atoms with Crippen LogP contribution >= 0.6 is 0 Å². The van der Waals surface area contributed by atoms with Gasteiger partial charge in [-0.2, -0.15) is 0 Å². The van der Waals surface area contributed by atoms with Crippen LogP contribution in [-0.4, -0.2) is 53.3 Å². The van der Waals surface area contributed by atoms with Crippen LogP contribution in [0.25, 0.3) is 11.2 Å². The zero-order valence-electron chi connectivity index (χ0n) is 11.7. The molecule has 4 N–H and O–H groups in total. The monoisotopic (exact) mass is 305 g/mol. The van der Waals surface area contributed by atoms with E-state index in [2.05, 4.69) is 15.0 Å². The molecule has 5 atom stereocenters. The van der Waals surface area contributed by atoms with Crippen molar-refractivity contribution in [3.63, 3.8) is 0 Å². The molecule has 4 rings (SSSR count). The summed E-state index contributed by atoms with van der Waals surface area (Å²) in [4.78, 5) is 23.6. The molecular formula is C13H15N5O4. The molecule has 1 saturated heterocycles. The number of carbonyl (C=O) groups excluding carboxylic acids is 1. The van der Waals surface area contributed by atoms with E-state index in [1.165, 1.54) is 24.1 Å². The third-order valence-corrected chi connectivity index (χ3v) is 4.56. The summed E-state index contributed by atoms with van der Waals surface area (Å²) in [7, 11) is 0. The molecular weight excluding hydrogens is 290 g/mol. The van der Waals surface area contributed by atoms with E-state index < -0.39 is 30.0 Å². The molecule has 0 amide bonds. The Hall–Kier alpha value is -2.10. The van der Waals surface area contributed by atoms with Gasteiger partial charge in [-0.3, -0.25) is 9.36 Å². The number of hydrogen-bond acceptors (Lipinski definition) is 8. The van der Waals surface area contributed by atoms with Gasteiger partial charge in [0.2, 0.25) is 0 Å². The second-order valence-electron chi connectivity index (χ2n) is 5.85. The molecule has 1 aliphatic heterocycles. The Morgan fingerprint density at radius 1 is 1.45 bits per heavy atom. The van der Waals surface area contributed by atoms with E-state index in [0.717, 1.165) is 0 Å². The summed E-state index contributed by atoms with van der Waals surface area (Å²) in [6.45, 7) is 1.45. The average Bonchev–Trinajstić information content (AvgIpc) is 2.99. The van der Waals surface area contributed by atoms with Crippen molar-refractivity contribution in [3.05, 3.63) is 12.7 Å². The van der Waals surface area contributed by atoms with Gasteiger partial charge in [0.15, 0.2) is 17.7 Å². The van der Waals surface area contributed by atoms with Crippen molar-refractivity contribution >= 4 is 22.8 Å². The van der Waals surface area contributed by atoms with Gasteiger partial charge < -0.3 is 20.7 Å². The van der Waals surface area contributed by atoms with Gasteiger partial charge in [0.05, 0.1) is 12.2 Å². The van der Waals surface area contributed by atoms with Crippen molar-refractivity contribution < 1.29 is 19.7 Å². The molecule has 2 aromatic heterocycles. The Bertz CT molecular complexity index is 777. The molecule has 1 unspecified atom stereocenters. The van der Waals surface area contributed by atoms with Crippen LogP contribution in [0.4, 0.5) is 5.82 Å². The summed E-state index contributed by atoms with van der Waals surface area (Å²) in [6, 6.07) is 0. The highest BCUT2D eigenvalue weighted by Crippen LogP contribution is 2.57. The van der Waals surface area contributed by atoms with Gasteiger partial charge in [-0.15, -0.1) is 0 Å². The second-order valence-corrected chi connectivity index (χ2v) is 5.85. The predicted octanol–water partition coefficient (Wildman–Crippen LogP) is -0.993. The fourth-order valence-corrected chi connectivity index (χ4v) is 3.29. The number of hydrogen-bond donors (Lipinski definition) is 3. The Kier molecular flexibility index (Phi) is 2.60. The van der Waals surface area contributed by atoms with Crippen molar-refractivity contribution in [1.82, 2.24) is 19.5 Å². The Morgan fingerprint density at radius 2 is 2.23 bits per heavy atom. The topological polar surface area (TPSA) is 136 Å². The standard InChI is InChI=1S/C13H15N5O4/c1-5(19)6-2-13(6)9(21)8(20)12(22-13)18-4-17-7-10(14)15-3-16-11(7)18/h3-4,6,8-9,12,20-21H,2H2,1H3,(H2,14,15,16)/t6-,8+,9?,12-,13-/m1/s1. The van der Waals surface area contributed by atoms with Crippen LogP contribution in [0, 0.1) is 5.92 Å². The summed E-state index contributed by atoms with van der Waals surface area (Å²) >= 11 is 0. The Morgan fingerprint density at radius 3 is 2.91 bits per heavy atom. The molecule has 9 nitrogen and oxygen atoms in total. The molecule has 2 fully saturated rings. The fourth-order valence-electron chi connectivity index (χ4n) is 3.29. The van der Waals surface area contributed by atoms with Crippen LogP contribution in [0.2, 0.25) is 0 Å². The summed E-state index contributed by atoms with van der Waals surface area (Å²) in [5, 5.41) is 20.6. The van der Waals surface area contributed by atoms with Gasteiger partial charge in [0, 0.05) is 0 Å². The molecule has 1 aliphatic carbocycles. The minimum Gasteiger partial charge on any atom is -0.387 e. The van der Waals surface area contributed by atoms with Gasteiger partial charge in [-0.05, 0) is 13.3 Å². The number of rotatable bonds is 2. The van der Waals surface area contributed by atoms with Crippen molar-refractivity contribution in [3.8, 4) is 0 Å². The van der Waals surface area contributed by atoms with Gasteiger partial charge in [-0.25, -0.2) is 15.0 Å². The summed E-state index contributed by atoms with van der Waals surface area (Å²) < 4.78 is 7.36. The van der Waals surface area contributed by atoms with E-state index in [1.54, 1.807) is 0 Å². The maximum atomic E-state index is 11.5. The van der Waals surface area contributed by atoms with Crippen LogP contribution in [-0.2, 0) is 9.53 Å². The maximum absolute atomic E-state index is 11.5. The molecule has 0 bridgehead atoms. The Balaban J connectivity index is 1.74. The molecule has 2 aliphatic rings. The van der Waals surface area contributed by atoms with E-state index in [0.29, 0.717) is 17.6 Å². The lowest BCUT2D eigenvalue weighted by molar-refractivity contribution is -0.122. The maximum Gasteiger partial charge on any atom is 0.167 e. The van der Waals surface area contributed by atoms with Crippen LogP contribution in [0.15, 0.2) is 12.7 Å². The largest absolute Gasteiger partial charge is 0.387 e. The normalized spacial score (nSPS) is 37.0. The molecule has 1 spiro atoms. The van der Waals surface area contributed by atoms with Gasteiger partial charge in [0.1, 0.15) is 35.4 Å². The lowest BCUT2D eigenvalue weighted by Gasteiger charge is -2.16. The van der Waals surface area contributed by atoms with Gasteiger partial charge >= 0.3 is 0 Å². The van der Waals surface area contributed by atoms with Crippen molar-refractivity contribution in [2.45, 2.75) is 37.4 Å². The Labute approximate surface area is 124 Å². The predicted molar refractivity (Wildman–Crippen MR) is 73.4 cm³/mol. The molecule has 3 heterocycles. The van der Waals surface area contributed by atoms with E-state index in [4.69, 9.17) is 10.5 Å². The first-order valence-electron chi connectivity index (χ1n) is 6.93. The van der Waals surface area contributed by atoms with Crippen LogP contribution in [0.5, 0.6) is 0 Å². The molecule has 1 saturated carbocycles. The lowest BCUT2D eigenvalue weighted by atomic mass is 10.1. The number of aromatic nitrogens is 4. The van der Waals surface area contributed by atoms with E-state index in [-0.39, 0.29) is 11.6 Å². The molecule has 9 heteroatoms. The zero-order chi connectivity index (χ0) is 15.6. The molecule has 0 radical (unpaired) electrons. The van der Waals surface area contributed by atoms with Crippen molar-refractivity contribution in [1.29, 1.82) is 0 Å². The smallest absolute Gasteiger partial charge is 0.167 e. The highest BCUT2D eigenvalue weighted by Gasteiger charge is 2.70. The number of carbonyl (C=O) groups is 1. The van der Waals surface area contributed by atoms with Crippen molar-refractivity contribution in [2.24, 2.45) is 5.92 Å². The number of ether oxygens (including phenoxy) is 1. The van der Waals surface area contributed by atoms with E-state index in [1.807, 2.05) is 0 Å². The van der Waals surface area contributed by atoms with Crippen LogP contribution < -0.4 is 5.73 Å². The number of fused-ring (bicyclic) bond motifs is 1. The number of nitrogen functional groups attached to an aromatic ring is 1. The summed E-state index contributed by atoms with van der Waals surface area (Å²) in [5.41, 5.74) is 5.52. The van der Waals surface area contributed by atoms with Crippen LogP contribution in [0.3, 0.4) is 0 Å². The number of imidazole rings is 1. The highest BCUT2D eigenvalue weighted by atomic mass is 16.6. The molecule has 2 aromatic rings. The summed E-state index contributed by atoms with van der Waals surface area (Å²) in [5.74, 6) is -0.231. The number of Topliss-reactive ketones (excluding diaryl/α,β-unsaturated/α-hetero) is 1. The number of ketones is 1. The lowest BCUT2D eigenvalue weighted by Crippen LogP contribution is -2.34. The number of anilines is 1. The molecule has 116 valence electrons. The average molecular weight is 305 g/mol. The first-order chi connectivity index (χ1) is 10.5. The number of nitrogens with zero attached hydrogens (tertiary/aromatic N) is 4. The first-order valence-corrected chi connectivity index (χ1v) is 6.93. The number of aliphatic hydroxyl groups excluding tert-OH is 2. The second kappa shape index (κ2) is 4.22.